The third-order valence-electron chi connectivity index (χ3n) is 3.50. The van der Waals surface area contributed by atoms with Gasteiger partial charge in [-0.05, 0) is 18.2 Å². The van der Waals surface area contributed by atoms with Crippen LogP contribution in [0.25, 0.3) is 22.3 Å². The third kappa shape index (κ3) is 2.50. The summed E-state index contributed by atoms with van der Waals surface area (Å²) in [6, 6.07) is 10.7. The quantitative estimate of drug-likeness (QED) is 0.449. The maximum absolute atomic E-state index is 12.2. The molecule has 0 atom stereocenters. The summed E-state index contributed by atoms with van der Waals surface area (Å²) in [4.78, 5) is 41.6. The van der Waals surface area contributed by atoms with Crippen LogP contribution in [0.3, 0.4) is 0 Å². The molecule has 0 unspecified atom stereocenters. The summed E-state index contributed by atoms with van der Waals surface area (Å²) in [5.41, 5.74) is -0.547. The van der Waals surface area contributed by atoms with Gasteiger partial charge in [0.2, 0.25) is 0 Å². The molecule has 0 aliphatic carbocycles. The van der Waals surface area contributed by atoms with E-state index in [0.29, 0.717) is 10.9 Å². The summed E-state index contributed by atoms with van der Waals surface area (Å²) in [6.07, 6.45) is 0. The Bertz CT molecular complexity index is 1030. The molecule has 1 aromatic heterocycles. The first-order valence-corrected chi connectivity index (χ1v) is 6.88. The van der Waals surface area contributed by atoms with Crippen molar-refractivity contribution in [3.8, 4) is 11.4 Å². The summed E-state index contributed by atoms with van der Waals surface area (Å²) < 4.78 is 4.64. The third-order valence-corrected chi connectivity index (χ3v) is 3.50. The van der Waals surface area contributed by atoms with Crippen LogP contribution >= 0.6 is 0 Å². The summed E-state index contributed by atoms with van der Waals surface area (Å²) >= 11 is 0. The minimum atomic E-state index is -0.881. The largest absolute Gasteiger partial charge is 0.465 e. The monoisotopic (exact) mass is 325 g/mol. The highest BCUT2D eigenvalue weighted by Gasteiger charge is 2.26. The molecule has 0 saturated carbocycles. The number of esters is 1. The van der Waals surface area contributed by atoms with E-state index < -0.39 is 22.1 Å². The van der Waals surface area contributed by atoms with E-state index in [0.717, 1.165) is 7.11 Å². The fourth-order valence-electron chi connectivity index (χ4n) is 2.42. The molecule has 3 rings (SSSR count). The molecule has 0 fully saturated rings. The molecule has 2 aromatic carbocycles. The van der Waals surface area contributed by atoms with E-state index in [1.165, 1.54) is 18.2 Å². The van der Waals surface area contributed by atoms with Gasteiger partial charge < -0.3 is 9.72 Å². The number of carbonyl (C=O) groups is 1. The van der Waals surface area contributed by atoms with E-state index in [1.54, 1.807) is 24.3 Å². The SMILES string of the molecule is COC(=O)c1c(-c2nc3ccccc3c(=O)[nH]2)cccc1[N+](=O)[O-]. The highest BCUT2D eigenvalue weighted by atomic mass is 16.6. The predicted molar refractivity (Wildman–Crippen MR) is 85.8 cm³/mol. The second kappa shape index (κ2) is 5.92. The van der Waals surface area contributed by atoms with Crippen molar-refractivity contribution in [3.63, 3.8) is 0 Å². The second-order valence-electron chi connectivity index (χ2n) is 4.88. The highest BCUT2D eigenvalue weighted by Crippen LogP contribution is 2.29. The number of ether oxygens (including phenoxy) is 1. The number of benzene rings is 2. The Kier molecular flexibility index (Phi) is 3.78. The van der Waals surface area contributed by atoms with Gasteiger partial charge in [0.15, 0.2) is 0 Å². The van der Waals surface area contributed by atoms with Crippen LogP contribution in [0.15, 0.2) is 47.3 Å². The standard InChI is InChI=1S/C16H11N3O5/c1-24-16(21)13-10(6-4-8-12(13)19(22)23)14-17-11-7-3-2-5-9(11)15(20)18-14/h2-8H,1H3,(H,17,18,20). The molecule has 0 radical (unpaired) electrons. The highest BCUT2D eigenvalue weighted by molar-refractivity contribution is 6.00. The van der Waals surface area contributed by atoms with E-state index in [2.05, 4.69) is 14.7 Å². The van der Waals surface area contributed by atoms with Crippen molar-refractivity contribution in [1.82, 2.24) is 9.97 Å². The molecule has 0 aliphatic rings. The number of aromatic nitrogens is 2. The molecule has 0 saturated heterocycles. The van der Waals surface area contributed by atoms with Gasteiger partial charge >= 0.3 is 5.97 Å². The van der Waals surface area contributed by atoms with Crippen LogP contribution in [0.1, 0.15) is 10.4 Å². The summed E-state index contributed by atoms with van der Waals surface area (Å²) in [5.74, 6) is -0.823. The number of para-hydroxylation sites is 1. The van der Waals surface area contributed by atoms with Crippen LogP contribution in [-0.2, 0) is 4.74 Å². The van der Waals surface area contributed by atoms with Crippen molar-refractivity contribution in [1.29, 1.82) is 0 Å². The number of nitro benzene ring substituents is 1. The van der Waals surface area contributed by atoms with Crippen LogP contribution in [0.4, 0.5) is 5.69 Å². The topological polar surface area (TPSA) is 115 Å². The van der Waals surface area contributed by atoms with Crippen molar-refractivity contribution in [2.45, 2.75) is 0 Å². The van der Waals surface area contributed by atoms with Gasteiger partial charge in [-0.2, -0.15) is 0 Å². The summed E-state index contributed by atoms with van der Waals surface area (Å²) in [7, 11) is 1.12. The molecule has 0 bridgehead atoms. The van der Waals surface area contributed by atoms with Crippen molar-refractivity contribution in [3.05, 3.63) is 68.5 Å². The minimum absolute atomic E-state index is 0.0581. The first kappa shape index (κ1) is 15.3. The number of aromatic amines is 1. The first-order chi connectivity index (χ1) is 11.5. The van der Waals surface area contributed by atoms with Crippen LogP contribution < -0.4 is 5.56 Å². The van der Waals surface area contributed by atoms with E-state index in [9.17, 15) is 19.7 Å². The molecule has 0 spiro atoms. The molecule has 0 amide bonds. The number of nitrogens with zero attached hydrogens (tertiary/aromatic N) is 2. The lowest BCUT2D eigenvalue weighted by Crippen LogP contribution is -2.13. The van der Waals surface area contributed by atoms with Crippen molar-refractivity contribution in [2.75, 3.05) is 7.11 Å². The number of hydrogen-bond donors (Lipinski definition) is 1. The fourth-order valence-corrected chi connectivity index (χ4v) is 2.42. The summed E-state index contributed by atoms with van der Waals surface area (Å²) in [6.45, 7) is 0. The lowest BCUT2D eigenvalue weighted by atomic mass is 10.0. The average molecular weight is 325 g/mol. The van der Waals surface area contributed by atoms with Crippen molar-refractivity contribution >= 4 is 22.6 Å². The van der Waals surface area contributed by atoms with Gasteiger partial charge in [0.25, 0.3) is 11.2 Å². The van der Waals surface area contributed by atoms with E-state index in [-0.39, 0.29) is 17.0 Å². The second-order valence-corrected chi connectivity index (χ2v) is 4.88. The van der Waals surface area contributed by atoms with Gasteiger partial charge in [-0.1, -0.05) is 18.2 Å². The van der Waals surface area contributed by atoms with Gasteiger partial charge in [0.1, 0.15) is 11.4 Å². The van der Waals surface area contributed by atoms with E-state index >= 15 is 0 Å². The molecule has 8 heteroatoms. The predicted octanol–water partition coefficient (Wildman–Crippen LogP) is 2.28. The van der Waals surface area contributed by atoms with Gasteiger partial charge in [-0.15, -0.1) is 0 Å². The Hall–Kier alpha value is -3.55. The van der Waals surface area contributed by atoms with Crippen molar-refractivity contribution in [2.24, 2.45) is 0 Å². The lowest BCUT2D eigenvalue weighted by Gasteiger charge is -2.08. The van der Waals surface area contributed by atoms with Crippen LogP contribution in [-0.4, -0.2) is 28.0 Å². The molecule has 8 nitrogen and oxygen atoms in total. The number of carbonyl (C=O) groups excluding carboxylic acids is 1. The lowest BCUT2D eigenvalue weighted by molar-refractivity contribution is -0.385. The van der Waals surface area contributed by atoms with Gasteiger partial charge in [-0.25, -0.2) is 9.78 Å². The average Bonchev–Trinajstić information content (AvgIpc) is 2.60. The number of nitrogens with one attached hydrogen (secondary N) is 1. The number of rotatable bonds is 3. The first-order valence-electron chi connectivity index (χ1n) is 6.88. The maximum atomic E-state index is 12.2. The van der Waals surface area contributed by atoms with Crippen LogP contribution in [0.2, 0.25) is 0 Å². The van der Waals surface area contributed by atoms with Gasteiger partial charge in [0, 0.05) is 11.6 Å². The van der Waals surface area contributed by atoms with E-state index in [1.807, 2.05) is 0 Å². The van der Waals surface area contributed by atoms with Gasteiger partial charge in [-0.3, -0.25) is 14.9 Å². The Morgan fingerprint density at radius 1 is 1.21 bits per heavy atom. The molecular weight excluding hydrogens is 314 g/mol. The Morgan fingerprint density at radius 2 is 1.96 bits per heavy atom. The molecule has 24 heavy (non-hydrogen) atoms. The zero-order valence-electron chi connectivity index (χ0n) is 12.5. The number of hydrogen-bond acceptors (Lipinski definition) is 6. The van der Waals surface area contributed by atoms with Crippen LogP contribution in [0, 0.1) is 10.1 Å². The van der Waals surface area contributed by atoms with E-state index in [4.69, 9.17) is 0 Å². The minimum Gasteiger partial charge on any atom is -0.465 e. The molecule has 1 N–H and O–H groups in total. The molecule has 1 heterocycles. The Morgan fingerprint density at radius 3 is 2.67 bits per heavy atom. The molecule has 120 valence electrons. The molecule has 3 aromatic rings. The molecule has 0 aliphatic heterocycles. The van der Waals surface area contributed by atoms with Crippen LogP contribution in [0.5, 0.6) is 0 Å². The zero-order chi connectivity index (χ0) is 17.3. The smallest absolute Gasteiger partial charge is 0.345 e. The number of fused-ring (bicyclic) bond motifs is 1. The Balaban J connectivity index is 2.34. The Labute approximate surface area is 134 Å². The fraction of sp³-hybridized carbons (Fsp3) is 0.0625. The molecular formula is C16H11N3O5. The summed E-state index contributed by atoms with van der Waals surface area (Å²) in [5, 5.41) is 11.6. The van der Waals surface area contributed by atoms with Crippen molar-refractivity contribution < 1.29 is 14.5 Å². The number of H-pyrrole nitrogens is 1. The maximum Gasteiger partial charge on any atom is 0.345 e. The van der Waals surface area contributed by atoms with Gasteiger partial charge in [0.05, 0.1) is 22.9 Å². The number of methoxy groups -OCH3 is 1. The normalized spacial score (nSPS) is 10.5. The zero-order valence-corrected chi connectivity index (χ0v) is 12.5. The number of nitro groups is 1.